The lowest BCUT2D eigenvalue weighted by atomic mass is 9.94. The Morgan fingerprint density at radius 3 is 2.77 bits per heavy atom. The van der Waals surface area contributed by atoms with E-state index in [0.29, 0.717) is 30.4 Å². The molecule has 0 aliphatic carbocycles. The molecule has 2 fully saturated rings. The van der Waals surface area contributed by atoms with Crippen LogP contribution >= 0.6 is 0 Å². The molecule has 0 bridgehead atoms. The van der Waals surface area contributed by atoms with Gasteiger partial charge in [0.1, 0.15) is 0 Å². The molecule has 2 N–H and O–H groups in total. The van der Waals surface area contributed by atoms with Crippen LogP contribution in [0.1, 0.15) is 31.7 Å². The first-order chi connectivity index (χ1) is 14.7. The maximum atomic E-state index is 13.6. The van der Waals surface area contributed by atoms with Crippen LogP contribution in [0.4, 0.5) is 4.39 Å². The van der Waals surface area contributed by atoms with Crippen LogP contribution in [-0.2, 0) is 0 Å². The normalized spacial score (nSPS) is 25.0. The van der Waals surface area contributed by atoms with Gasteiger partial charge in [0.2, 0.25) is 0 Å². The van der Waals surface area contributed by atoms with E-state index in [2.05, 4.69) is 59.1 Å². The SMILES string of the molecule is C/C(=C\c1ccccc1)CN1CCC(C2CC(CCOc3ccccc3F)NN2)C1. The van der Waals surface area contributed by atoms with E-state index in [0.717, 1.165) is 32.5 Å². The first kappa shape index (κ1) is 21.0. The standard InChI is InChI=1S/C25H32FN3O/c1-19(15-20-7-3-2-4-8-20)17-29-13-11-21(18-29)24-16-22(27-28-24)12-14-30-25-10-6-5-9-23(25)26/h2-10,15,21-22,24,27-28H,11-14,16-18H2,1H3/b19-15+. The van der Waals surface area contributed by atoms with Gasteiger partial charge in [-0.25, -0.2) is 4.39 Å². The van der Waals surface area contributed by atoms with E-state index < -0.39 is 0 Å². The molecule has 4 nitrogen and oxygen atoms in total. The van der Waals surface area contributed by atoms with Crippen molar-refractivity contribution in [3.63, 3.8) is 0 Å². The summed E-state index contributed by atoms with van der Waals surface area (Å²) < 4.78 is 19.3. The molecular formula is C25H32FN3O. The smallest absolute Gasteiger partial charge is 0.165 e. The van der Waals surface area contributed by atoms with E-state index in [4.69, 9.17) is 4.74 Å². The molecule has 0 spiro atoms. The molecule has 3 unspecified atom stereocenters. The first-order valence-electron chi connectivity index (χ1n) is 11.0. The molecule has 4 rings (SSSR count). The summed E-state index contributed by atoms with van der Waals surface area (Å²) in [6.45, 7) is 6.07. The Morgan fingerprint density at radius 2 is 1.93 bits per heavy atom. The lowest BCUT2D eigenvalue weighted by Crippen LogP contribution is -2.38. The molecule has 30 heavy (non-hydrogen) atoms. The second-order valence-electron chi connectivity index (χ2n) is 8.58. The first-order valence-corrected chi connectivity index (χ1v) is 11.0. The van der Waals surface area contributed by atoms with Crippen molar-refractivity contribution in [2.45, 2.75) is 38.3 Å². The Kier molecular flexibility index (Phi) is 7.16. The molecule has 0 aromatic heterocycles. The molecule has 2 aromatic carbocycles. The quantitative estimate of drug-likeness (QED) is 0.683. The van der Waals surface area contributed by atoms with Gasteiger partial charge in [0.25, 0.3) is 0 Å². The van der Waals surface area contributed by atoms with Crippen molar-refractivity contribution in [3.8, 4) is 5.75 Å². The van der Waals surface area contributed by atoms with Gasteiger partial charge in [0, 0.05) is 25.2 Å². The van der Waals surface area contributed by atoms with Crippen LogP contribution in [0.15, 0.2) is 60.2 Å². The maximum absolute atomic E-state index is 13.6. The zero-order valence-electron chi connectivity index (χ0n) is 17.7. The number of hydrogen-bond acceptors (Lipinski definition) is 4. The van der Waals surface area contributed by atoms with Crippen molar-refractivity contribution in [1.82, 2.24) is 15.8 Å². The molecule has 2 heterocycles. The van der Waals surface area contributed by atoms with Gasteiger partial charge in [-0.2, -0.15) is 0 Å². The molecule has 2 aliphatic rings. The lowest BCUT2D eigenvalue weighted by Gasteiger charge is -2.20. The van der Waals surface area contributed by atoms with E-state index in [1.54, 1.807) is 18.2 Å². The third kappa shape index (κ3) is 5.69. The summed E-state index contributed by atoms with van der Waals surface area (Å²) in [6, 6.07) is 18.0. The Hall–Kier alpha value is -2.21. The number of nitrogens with one attached hydrogen (secondary N) is 2. The van der Waals surface area contributed by atoms with Gasteiger partial charge in [0.05, 0.1) is 6.61 Å². The molecule has 160 valence electrons. The van der Waals surface area contributed by atoms with Gasteiger partial charge in [0.15, 0.2) is 11.6 Å². The summed E-state index contributed by atoms with van der Waals surface area (Å²) in [5.41, 5.74) is 9.60. The highest BCUT2D eigenvalue weighted by Gasteiger charge is 2.34. The molecule has 2 saturated heterocycles. The van der Waals surface area contributed by atoms with Gasteiger partial charge in [-0.3, -0.25) is 15.8 Å². The van der Waals surface area contributed by atoms with E-state index in [-0.39, 0.29) is 5.82 Å². The molecule has 3 atom stereocenters. The fraction of sp³-hybridized carbons (Fsp3) is 0.440. The predicted molar refractivity (Wildman–Crippen MR) is 120 cm³/mol. The summed E-state index contributed by atoms with van der Waals surface area (Å²) >= 11 is 0. The summed E-state index contributed by atoms with van der Waals surface area (Å²) in [6.07, 6.45) is 5.48. The summed E-state index contributed by atoms with van der Waals surface area (Å²) in [4.78, 5) is 2.57. The maximum Gasteiger partial charge on any atom is 0.165 e. The van der Waals surface area contributed by atoms with Crippen molar-refractivity contribution >= 4 is 6.08 Å². The van der Waals surface area contributed by atoms with E-state index in [1.807, 2.05) is 0 Å². The van der Waals surface area contributed by atoms with Crippen LogP contribution in [0.25, 0.3) is 6.08 Å². The molecule has 5 heteroatoms. The van der Waals surface area contributed by atoms with Gasteiger partial charge in [-0.15, -0.1) is 0 Å². The van der Waals surface area contributed by atoms with Crippen LogP contribution in [0, 0.1) is 11.7 Å². The number of ether oxygens (including phenoxy) is 1. The number of benzene rings is 2. The monoisotopic (exact) mass is 409 g/mol. The number of para-hydroxylation sites is 1. The third-order valence-corrected chi connectivity index (χ3v) is 6.14. The second-order valence-corrected chi connectivity index (χ2v) is 8.58. The van der Waals surface area contributed by atoms with Crippen LogP contribution in [-0.4, -0.2) is 43.2 Å². The zero-order valence-corrected chi connectivity index (χ0v) is 17.7. The number of halogens is 1. The van der Waals surface area contributed by atoms with Gasteiger partial charge < -0.3 is 4.74 Å². The van der Waals surface area contributed by atoms with Crippen LogP contribution < -0.4 is 15.6 Å². The van der Waals surface area contributed by atoms with Gasteiger partial charge in [-0.1, -0.05) is 54.1 Å². The van der Waals surface area contributed by atoms with Gasteiger partial charge in [-0.05, 0) is 56.3 Å². The summed E-state index contributed by atoms with van der Waals surface area (Å²) in [5, 5.41) is 0. The zero-order chi connectivity index (χ0) is 20.8. The Bertz CT molecular complexity index is 841. The van der Waals surface area contributed by atoms with Crippen LogP contribution in [0.2, 0.25) is 0 Å². The van der Waals surface area contributed by atoms with Crippen molar-refractivity contribution in [1.29, 1.82) is 0 Å². The number of hydrogen-bond donors (Lipinski definition) is 2. The largest absolute Gasteiger partial charge is 0.490 e. The molecule has 0 radical (unpaired) electrons. The topological polar surface area (TPSA) is 36.5 Å². The van der Waals surface area contributed by atoms with Crippen molar-refractivity contribution in [2.75, 3.05) is 26.2 Å². The number of hydrazine groups is 1. The fourth-order valence-electron chi connectivity index (χ4n) is 4.59. The Labute approximate surface area is 179 Å². The highest BCUT2D eigenvalue weighted by atomic mass is 19.1. The highest BCUT2D eigenvalue weighted by molar-refractivity contribution is 5.52. The number of likely N-dealkylation sites (tertiary alicyclic amines) is 1. The van der Waals surface area contributed by atoms with Crippen LogP contribution in [0.3, 0.4) is 0 Å². The fourth-order valence-corrected chi connectivity index (χ4v) is 4.59. The van der Waals surface area contributed by atoms with Crippen molar-refractivity contribution in [3.05, 3.63) is 71.6 Å². The summed E-state index contributed by atoms with van der Waals surface area (Å²) in [7, 11) is 0. The third-order valence-electron chi connectivity index (χ3n) is 6.14. The van der Waals surface area contributed by atoms with Crippen molar-refractivity contribution < 1.29 is 9.13 Å². The average molecular weight is 410 g/mol. The molecule has 2 aromatic rings. The van der Waals surface area contributed by atoms with Crippen LogP contribution in [0.5, 0.6) is 5.75 Å². The molecule has 0 amide bonds. The average Bonchev–Trinajstić information content (AvgIpc) is 3.40. The molecule has 0 saturated carbocycles. The van der Waals surface area contributed by atoms with Gasteiger partial charge >= 0.3 is 0 Å². The number of rotatable bonds is 8. The summed E-state index contributed by atoms with van der Waals surface area (Å²) in [5.74, 6) is 0.709. The van der Waals surface area contributed by atoms with E-state index in [9.17, 15) is 4.39 Å². The molecular weight excluding hydrogens is 377 g/mol. The Morgan fingerprint density at radius 1 is 1.13 bits per heavy atom. The molecule has 2 aliphatic heterocycles. The minimum absolute atomic E-state index is 0.296. The van der Waals surface area contributed by atoms with E-state index >= 15 is 0 Å². The van der Waals surface area contributed by atoms with Crippen molar-refractivity contribution in [2.24, 2.45) is 5.92 Å². The predicted octanol–water partition coefficient (Wildman–Crippen LogP) is 4.26. The van der Waals surface area contributed by atoms with E-state index in [1.165, 1.54) is 23.6 Å². The Balaban J connectivity index is 1.19. The highest BCUT2D eigenvalue weighted by Crippen LogP contribution is 2.26. The number of nitrogens with zero attached hydrogens (tertiary/aromatic N) is 1. The minimum Gasteiger partial charge on any atom is -0.490 e. The lowest BCUT2D eigenvalue weighted by molar-refractivity contribution is 0.277. The second kappa shape index (κ2) is 10.2. The minimum atomic E-state index is -0.296.